The minimum absolute atomic E-state index is 0.476. The van der Waals surface area contributed by atoms with Crippen molar-refractivity contribution in [1.29, 1.82) is 0 Å². The van der Waals surface area contributed by atoms with Crippen LogP contribution in [0.3, 0.4) is 0 Å². The lowest BCUT2D eigenvalue weighted by atomic mass is 10.1. The number of nitrogens with zero attached hydrogens (tertiary/aromatic N) is 2. The molecule has 0 bridgehead atoms. The van der Waals surface area contributed by atoms with E-state index in [4.69, 9.17) is 4.74 Å². The molecule has 0 amide bonds. The van der Waals surface area contributed by atoms with Gasteiger partial charge in [-0.2, -0.15) is 4.98 Å². The van der Waals surface area contributed by atoms with Gasteiger partial charge in [-0.05, 0) is 20.4 Å². The highest BCUT2D eigenvalue weighted by atomic mass is 16.5. The average molecular weight is 223 g/mol. The number of nitrogens with one attached hydrogen (secondary N) is 1. The Hall–Kier alpha value is -1.16. The largest absolute Gasteiger partial charge is 0.481 e. The third kappa shape index (κ3) is 3.77. The Labute approximate surface area is 97.5 Å². The number of ether oxygens (including phenoxy) is 1. The molecule has 0 aliphatic rings. The van der Waals surface area contributed by atoms with Crippen LogP contribution in [-0.2, 0) is 6.42 Å². The molecule has 0 fully saturated rings. The van der Waals surface area contributed by atoms with Crippen LogP contribution in [0, 0.1) is 6.92 Å². The quantitative estimate of drug-likeness (QED) is 0.797. The van der Waals surface area contributed by atoms with Crippen molar-refractivity contribution < 1.29 is 4.74 Å². The number of aromatic nitrogens is 2. The second-order valence-electron chi connectivity index (χ2n) is 3.93. The molecule has 16 heavy (non-hydrogen) atoms. The first-order valence-electron chi connectivity index (χ1n) is 5.75. The monoisotopic (exact) mass is 223 g/mol. The Balaban J connectivity index is 2.74. The van der Waals surface area contributed by atoms with Crippen LogP contribution in [0.15, 0.2) is 6.07 Å². The van der Waals surface area contributed by atoms with Gasteiger partial charge in [0.2, 0.25) is 5.88 Å². The molecule has 0 aliphatic heterocycles. The first kappa shape index (κ1) is 12.9. The summed E-state index contributed by atoms with van der Waals surface area (Å²) < 4.78 is 5.14. The van der Waals surface area contributed by atoms with Crippen LogP contribution >= 0.6 is 0 Å². The van der Waals surface area contributed by atoms with Gasteiger partial charge in [0, 0.05) is 24.2 Å². The van der Waals surface area contributed by atoms with E-state index in [-0.39, 0.29) is 0 Å². The van der Waals surface area contributed by atoms with Crippen molar-refractivity contribution in [2.75, 3.05) is 14.2 Å². The van der Waals surface area contributed by atoms with Gasteiger partial charge in [0.1, 0.15) is 5.82 Å². The smallest absolute Gasteiger partial charge is 0.216 e. The maximum absolute atomic E-state index is 5.14. The van der Waals surface area contributed by atoms with Crippen LogP contribution in [0.4, 0.5) is 0 Å². The number of likely N-dealkylation sites (N-methyl/N-ethyl adjacent to an activating group) is 1. The molecule has 4 nitrogen and oxygen atoms in total. The first-order valence-corrected chi connectivity index (χ1v) is 5.75. The van der Waals surface area contributed by atoms with E-state index >= 15 is 0 Å². The van der Waals surface area contributed by atoms with Crippen LogP contribution in [-0.4, -0.2) is 30.2 Å². The maximum atomic E-state index is 5.14. The van der Waals surface area contributed by atoms with Crippen LogP contribution in [0.25, 0.3) is 0 Å². The molecule has 90 valence electrons. The molecule has 0 aliphatic carbocycles. The number of aryl methyl sites for hydroxylation is 1. The maximum Gasteiger partial charge on any atom is 0.216 e. The van der Waals surface area contributed by atoms with Gasteiger partial charge in [-0.3, -0.25) is 0 Å². The van der Waals surface area contributed by atoms with Gasteiger partial charge in [0.25, 0.3) is 0 Å². The molecule has 1 atom stereocenters. The van der Waals surface area contributed by atoms with Crippen molar-refractivity contribution in [1.82, 2.24) is 15.3 Å². The molecule has 1 heterocycles. The lowest BCUT2D eigenvalue weighted by Crippen LogP contribution is -2.27. The summed E-state index contributed by atoms with van der Waals surface area (Å²) in [5, 5.41) is 3.31. The van der Waals surface area contributed by atoms with Gasteiger partial charge in [-0.25, -0.2) is 4.98 Å². The first-order chi connectivity index (χ1) is 7.69. The minimum atomic E-state index is 0.476. The molecule has 0 radical (unpaired) electrons. The molecule has 1 rings (SSSR count). The Morgan fingerprint density at radius 3 is 2.75 bits per heavy atom. The summed E-state index contributed by atoms with van der Waals surface area (Å²) in [5.41, 5.74) is 1.04. The van der Waals surface area contributed by atoms with E-state index in [0.29, 0.717) is 11.9 Å². The Bertz CT molecular complexity index is 328. The Morgan fingerprint density at radius 1 is 1.44 bits per heavy atom. The molecule has 1 aromatic rings. The fourth-order valence-electron chi connectivity index (χ4n) is 1.76. The molecular weight excluding hydrogens is 202 g/mol. The zero-order chi connectivity index (χ0) is 12.0. The van der Waals surface area contributed by atoms with Crippen molar-refractivity contribution in [3.63, 3.8) is 0 Å². The Kier molecular flexibility index (Phi) is 5.19. The van der Waals surface area contributed by atoms with Gasteiger partial charge >= 0.3 is 0 Å². The Morgan fingerprint density at radius 2 is 2.19 bits per heavy atom. The van der Waals surface area contributed by atoms with E-state index in [1.54, 1.807) is 7.11 Å². The summed E-state index contributed by atoms with van der Waals surface area (Å²) in [7, 11) is 3.62. The van der Waals surface area contributed by atoms with Crippen molar-refractivity contribution in [2.45, 2.75) is 39.2 Å². The fraction of sp³-hybridized carbons (Fsp3) is 0.667. The SMILES string of the molecule is CCCC(Cc1cc(OC)nc(C)n1)NC. The summed E-state index contributed by atoms with van der Waals surface area (Å²) in [5.74, 6) is 1.41. The highest BCUT2D eigenvalue weighted by Gasteiger charge is 2.09. The summed E-state index contributed by atoms with van der Waals surface area (Å²) in [6.45, 7) is 4.08. The van der Waals surface area contributed by atoms with E-state index in [9.17, 15) is 0 Å². The topological polar surface area (TPSA) is 47.0 Å². The van der Waals surface area contributed by atoms with Gasteiger partial charge in [0.15, 0.2) is 0 Å². The minimum Gasteiger partial charge on any atom is -0.481 e. The number of hydrogen-bond acceptors (Lipinski definition) is 4. The molecule has 1 unspecified atom stereocenters. The molecular formula is C12H21N3O. The zero-order valence-corrected chi connectivity index (χ0v) is 10.6. The molecule has 0 aromatic carbocycles. The van der Waals surface area contributed by atoms with Crippen LogP contribution in [0.5, 0.6) is 5.88 Å². The summed E-state index contributed by atoms with van der Waals surface area (Å²) in [4.78, 5) is 8.60. The zero-order valence-electron chi connectivity index (χ0n) is 10.6. The molecule has 1 N–H and O–H groups in total. The van der Waals surface area contributed by atoms with Gasteiger partial charge in [0.05, 0.1) is 7.11 Å². The van der Waals surface area contributed by atoms with Crippen molar-refractivity contribution in [2.24, 2.45) is 0 Å². The van der Waals surface area contributed by atoms with Crippen LogP contribution in [0.2, 0.25) is 0 Å². The number of rotatable bonds is 6. The summed E-state index contributed by atoms with van der Waals surface area (Å²) in [6.07, 6.45) is 3.25. The second kappa shape index (κ2) is 6.43. The fourth-order valence-corrected chi connectivity index (χ4v) is 1.76. The third-order valence-corrected chi connectivity index (χ3v) is 2.58. The molecule has 1 aromatic heterocycles. The van der Waals surface area contributed by atoms with Gasteiger partial charge in [-0.15, -0.1) is 0 Å². The van der Waals surface area contributed by atoms with E-state index in [1.165, 1.54) is 6.42 Å². The molecule has 0 saturated heterocycles. The number of methoxy groups -OCH3 is 1. The van der Waals surface area contributed by atoms with Crippen LogP contribution < -0.4 is 10.1 Å². The standard InChI is InChI=1S/C12H21N3O/c1-5-6-10(13-3)7-11-8-12(16-4)15-9(2)14-11/h8,10,13H,5-7H2,1-4H3. The average Bonchev–Trinajstić information content (AvgIpc) is 2.27. The number of hydrogen-bond donors (Lipinski definition) is 1. The van der Waals surface area contributed by atoms with Crippen LogP contribution in [0.1, 0.15) is 31.3 Å². The van der Waals surface area contributed by atoms with E-state index in [0.717, 1.165) is 24.4 Å². The molecule has 0 spiro atoms. The predicted molar refractivity (Wildman–Crippen MR) is 64.8 cm³/mol. The third-order valence-electron chi connectivity index (χ3n) is 2.58. The molecule has 0 saturated carbocycles. The highest BCUT2D eigenvalue weighted by molar-refractivity contribution is 5.16. The highest BCUT2D eigenvalue weighted by Crippen LogP contribution is 2.11. The lowest BCUT2D eigenvalue weighted by molar-refractivity contribution is 0.393. The lowest BCUT2D eigenvalue weighted by Gasteiger charge is -2.15. The van der Waals surface area contributed by atoms with Gasteiger partial charge < -0.3 is 10.1 Å². The summed E-state index contributed by atoms with van der Waals surface area (Å²) >= 11 is 0. The predicted octanol–water partition coefficient (Wildman–Crippen LogP) is 1.72. The van der Waals surface area contributed by atoms with Gasteiger partial charge in [-0.1, -0.05) is 13.3 Å². The van der Waals surface area contributed by atoms with E-state index in [1.807, 2.05) is 20.0 Å². The van der Waals surface area contributed by atoms with Crippen molar-refractivity contribution in [3.8, 4) is 5.88 Å². The van der Waals surface area contributed by atoms with Crippen molar-refractivity contribution >= 4 is 0 Å². The van der Waals surface area contributed by atoms with Crippen molar-refractivity contribution in [3.05, 3.63) is 17.6 Å². The summed E-state index contributed by atoms with van der Waals surface area (Å²) in [6, 6.07) is 2.39. The van der Waals surface area contributed by atoms with E-state index < -0.39 is 0 Å². The van der Waals surface area contributed by atoms with E-state index in [2.05, 4.69) is 22.2 Å². The normalized spacial score (nSPS) is 12.5. The second-order valence-corrected chi connectivity index (χ2v) is 3.93. The molecule has 4 heteroatoms.